The summed E-state index contributed by atoms with van der Waals surface area (Å²) in [5.74, 6) is -3.13. The molecule has 2 atom stereocenters. The minimum atomic E-state index is -4.93. The Balaban J connectivity index is 1.89. The van der Waals surface area contributed by atoms with E-state index in [-0.39, 0.29) is 21.7 Å². The third-order valence-corrected chi connectivity index (χ3v) is 6.21. The molecule has 18 heteroatoms. The molecule has 0 saturated carbocycles. The topological polar surface area (TPSA) is 232 Å². The zero-order valence-electron chi connectivity index (χ0n) is 17.9. The number of β-lactam (4-membered cyclic amide) rings is 1. The summed E-state index contributed by atoms with van der Waals surface area (Å²) in [6.07, 6.45) is 1.28. The predicted molar refractivity (Wildman–Crippen MR) is 115 cm³/mol. The highest BCUT2D eigenvalue weighted by Crippen LogP contribution is 2.25. The second kappa shape index (κ2) is 8.95. The van der Waals surface area contributed by atoms with Crippen LogP contribution >= 0.6 is 11.3 Å². The van der Waals surface area contributed by atoms with Gasteiger partial charge in [0.05, 0.1) is 12.6 Å². The average Bonchev–Trinajstić information content (AvgIpc) is 3.32. The lowest BCUT2D eigenvalue weighted by Crippen LogP contribution is -2.73. The Hall–Kier alpha value is -3.64. The summed E-state index contributed by atoms with van der Waals surface area (Å²) in [5.41, 5.74) is 3.22. The number of amides is 2. The normalized spacial score (nSPS) is 19.0. The molecule has 0 spiro atoms. The van der Waals surface area contributed by atoms with Crippen LogP contribution in [0, 0.1) is 6.92 Å². The molecule has 34 heavy (non-hydrogen) atoms. The molecule has 1 fully saturated rings. The quantitative estimate of drug-likeness (QED) is 0.128. The maximum Gasteiger partial charge on any atom is 0.362 e. The summed E-state index contributed by atoms with van der Waals surface area (Å²) in [7, 11) is -4.93. The summed E-state index contributed by atoms with van der Waals surface area (Å²) in [6.45, 7) is 3.75. The van der Waals surface area contributed by atoms with Gasteiger partial charge in [-0.2, -0.15) is 13.5 Å². The zero-order chi connectivity index (χ0) is 25.4. The molecule has 1 aliphatic rings. The fourth-order valence-electron chi connectivity index (χ4n) is 2.82. The van der Waals surface area contributed by atoms with Crippen molar-refractivity contribution in [1.29, 1.82) is 0 Å². The molecule has 0 aliphatic carbocycles. The number of nitrogen functional groups attached to an aromatic ring is 1. The van der Waals surface area contributed by atoms with Gasteiger partial charge in [-0.1, -0.05) is 5.16 Å². The Bertz CT molecular complexity index is 1270. The number of aryl methyl sites for hydroxylation is 1. The summed E-state index contributed by atoms with van der Waals surface area (Å²) in [5, 5.41) is 20.6. The van der Waals surface area contributed by atoms with Gasteiger partial charge in [0.2, 0.25) is 5.60 Å². The van der Waals surface area contributed by atoms with Crippen LogP contribution in [0.1, 0.15) is 25.4 Å². The molecule has 0 radical (unpaired) electrons. The van der Waals surface area contributed by atoms with Gasteiger partial charge in [-0.25, -0.2) is 19.1 Å². The smallest absolute Gasteiger partial charge is 0.362 e. The Labute approximate surface area is 196 Å². The van der Waals surface area contributed by atoms with Crippen LogP contribution in [0.15, 0.2) is 16.9 Å². The van der Waals surface area contributed by atoms with Crippen molar-refractivity contribution < 1.29 is 37.3 Å². The molecule has 2 aromatic rings. The number of oxime groups is 1. The molecular weight excluding hydrogens is 496 g/mol. The fourth-order valence-corrected chi connectivity index (χ4v) is 4.24. The van der Waals surface area contributed by atoms with Gasteiger partial charge in [0.15, 0.2) is 10.8 Å². The van der Waals surface area contributed by atoms with E-state index < -0.39 is 51.5 Å². The number of hydrogen-bond acceptors (Lipinski definition) is 12. The van der Waals surface area contributed by atoms with E-state index in [1.807, 2.05) is 0 Å². The van der Waals surface area contributed by atoms with E-state index in [1.54, 1.807) is 6.92 Å². The minimum absolute atomic E-state index is 0.0666. The first-order chi connectivity index (χ1) is 15.7. The zero-order valence-corrected chi connectivity index (χ0v) is 19.6. The SMILES string of the molecule is Cc1ncn(C[C@@H]2[C@H](NC(=O)/C(=N\OC(C)(C)C(=O)O)c3csc(N)n3)C(=O)N2S(=O)(=O)O)n1. The van der Waals surface area contributed by atoms with Crippen molar-refractivity contribution in [3.63, 3.8) is 0 Å². The maximum atomic E-state index is 13.0. The van der Waals surface area contributed by atoms with Gasteiger partial charge in [0.25, 0.3) is 11.8 Å². The Morgan fingerprint density at radius 2 is 2.09 bits per heavy atom. The molecule has 1 aliphatic heterocycles. The summed E-state index contributed by atoms with van der Waals surface area (Å²) >= 11 is 0.965. The molecular formula is C16H20N8O8S2. The molecule has 0 aromatic carbocycles. The number of nitrogens with two attached hydrogens (primary N) is 1. The average molecular weight is 517 g/mol. The van der Waals surface area contributed by atoms with Crippen LogP contribution in [0.2, 0.25) is 0 Å². The Kier molecular flexibility index (Phi) is 6.58. The van der Waals surface area contributed by atoms with E-state index in [4.69, 9.17) is 10.6 Å². The lowest BCUT2D eigenvalue weighted by atomic mass is 9.98. The molecule has 16 nitrogen and oxygen atoms in total. The fraction of sp³-hybridized carbons (Fsp3) is 0.438. The van der Waals surface area contributed by atoms with Crippen molar-refractivity contribution in [2.45, 2.75) is 45.0 Å². The highest BCUT2D eigenvalue weighted by molar-refractivity contribution is 7.84. The number of anilines is 1. The molecule has 2 aromatic heterocycles. The standard InChI is InChI=1S/C16H20N8O8S2/c1-7-18-6-23(21-7)4-9-11(13(26)24(9)34(29,30)31)20-12(25)10(8-5-33-15(17)19-8)22-32-16(2,3)14(27)28/h5-6,9,11H,4H2,1-3H3,(H2,17,19)(H,20,25)(H,27,28)(H,29,30,31)/b22-10-/t9-,11+/m1/s1. The van der Waals surface area contributed by atoms with Crippen LogP contribution in [0.4, 0.5) is 5.13 Å². The van der Waals surface area contributed by atoms with E-state index in [0.29, 0.717) is 5.82 Å². The lowest BCUT2D eigenvalue weighted by molar-refractivity contribution is -0.161. The third-order valence-electron chi connectivity index (χ3n) is 4.59. The number of carboxylic acids is 1. The van der Waals surface area contributed by atoms with Gasteiger partial charge in [0.1, 0.15) is 23.9 Å². The van der Waals surface area contributed by atoms with E-state index in [0.717, 1.165) is 11.3 Å². The molecule has 1 saturated heterocycles. The molecule has 0 unspecified atom stereocenters. The largest absolute Gasteiger partial charge is 0.478 e. The van der Waals surface area contributed by atoms with Gasteiger partial charge in [-0.05, 0) is 20.8 Å². The van der Waals surface area contributed by atoms with Gasteiger partial charge in [-0.15, -0.1) is 11.3 Å². The summed E-state index contributed by atoms with van der Waals surface area (Å²) < 4.78 is 34.2. The van der Waals surface area contributed by atoms with Gasteiger partial charge in [-0.3, -0.25) is 18.8 Å². The number of rotatable bonds is 9. The van der Waals surface area contributed by atoms with Crippen molar-refractivity contribution in [3.05, 3.63) is 23.2 Å². The molecule has 2 amide bonds. The van der Waals surface area contributed by atoms with Crippen molar-refractivity contribution >= 4 is 50.3 Å². The minimum Gasteiger partial charge on any atom is -0.478 e. The highest BCUT2D eigenvalue weighted by Gasteiger charge is 2.54. The summed E-state index contributed by atoms with van der Waals surface area (Å²) in [4.78, 5) is 49.6. The van der Waals surface area contributed by atoms with E-state index in [2.05, 4.69) is 25.5 Å². The first kappa shape index (κ1) is 25.0. The molecule has 3 heterocycles. The molecule has 5 N–H and O–H groups in total. The predicted octanol–water partition coefficient (Wildman–Crippen LogP) is -1.59. The number of thiazole rings is 1. The van der Waals surface area contributed by atoms with E-state index >= 15 is 0 Å². The van der Waals surface area contributed by atoms with Crippen molar-refractivity contribution in [3.8, 4) is 0 Å². The van der Waals surface area contributed by atoms with E-state index in [1.165, 1.54) is 30.2 Å². The van der Waals surface area contributed by atoms with Crippen molar-refractivity contribution in [2.75, 3.05) is 5.73 Å². The Morgan fingerprint density at radius 3 is 2.59 bits per heavy atom. The van der Waals surface area contributed by atoms with Crippen LogP contribution in [0.5, 0.6) is 0 Å². The number of aromatic nitrogens is 4. The molecule has 184 valence electrons. The Morgan fingerprint density at radius 1 is 1.41 bits per heavy atom. The second-order valence-corrected chi connectivity index (χ2v) is 9.74. The number of nitrogens with zero attached hydrogens (tertiary/aromatic N) is 6. The van der Waals surface area contributed by atoms with Crippen LogP contribution in [0.25, 0.3) is 0 Å². The number of nitrogens with one attached hydrogen (secondary N) is 1. The van der Waals surface area contributed by atoms with Crippen LogP contribution < -0.4 is 11.1 Å². The van der Waals surface area contributed by atoms with Crippen LogP contribution in [0.3, 0.4) is 0 Å². The first-order valence-electron chi connectivity index (χ1n) is 9.39. The van der Waals surface area contributed by atoms with Crippen LogP contribution in [-0.4, -0.2) is 83.3 Å². The third kappa shape index (κ3) is 5.13. The summed E-state index contributed by atoms with van der Waals surface area (Å²) in [6, 6.07) is -2.65. The number of carbonyl (C=O) groups excluding carboxylic acids is 2. The first-order valence-corrected chi connectivity index (χ1v) is 11.7. The second-order valence-electron chi connectivity index (χ2n) is 7.56. The number of carboxylic acid groups (broad SMARTS) is 1. The molecule has 3 rings (SSSR count). The number of aliphatic carboxylic acids is 1. The number of carbonyl (C=O) groups is 3. The van der Waals surface area contributed by atoms with Gasteiger partial charge in [0, 0.05) is 5.38 Å². The van der Waals surface area contributed by atoms with Crippen molar-refractivity contribution in [2.24, 2.45) is 5.16 Å². The maximum absolute atomic E-state index is 13.0. The van der Waals surface area contributed by atoms with Gasteiger partial charge >= 0.3 is 16.3 Å². The lowest BCUT2D eigenvalue weighted by Gasteiger charge is -2.43. The highest BCUT2D eigenvalue weighted by atomic mass is 32.2. The van der Waals surface area contributed by atoms with Crippen LogP contribution in [-0.2, 0) is 36.1 Å². The van der Waals surface area contributed by atoms with Gasteiger partial charge < -0.3 is 21.0 Å². The van der Waals surface area contributed by atoms with Crippen molar-refractivity contribution in [1.82, 2.24) is 29.4 Å². The van der Waals surface area contributed by atoms with E-state index in [9.17, 15) is 32.5 Å². The monoisotopic (exact) mass is 516 g/mol. The molecule has 0 bridgehead atoms. The number of hydrogen-bond donors (Lipinski definition) is 4.